The number of piperidine rings is 1. The first-order valence-electron chi connectivity index (χ1n) is 10.2. The van der Waals surface area contributed by atoms with E-state index in [1.54, 1.807) is 0 Å². The lowest BCUT2D eigenvalue weighted by Crippen LogP contribution is -2.39. The second-order valence-corrected chi connectivity index (χ2v) is 8.24. The Morgan fingerprint density at radius 3 is 2.72 bits per heavy atom. The van der Waals surface area contributed by atoms with Gasteiger partial charge in [-0.2, -0.15) is 0 Å². The molecule has 2 aromatic rings. The maximum Gasteiger partial charge on any atom is 0.222 e. The predicted octanol–water partition coefficient (Wildman–Crippen LogP) is 3.25. The Hall–Kier alpha value is -2.18. The molecule has 1 aliphatic heterocycles. The van der Waals surface area contributed by atoms with Crippen molar-refractivity contribution in [1.82, 2.24) is 20.2 Å². The van der Waals surface area contributed by atoms with E-state index in [1.807, 2.05) is 61.3 Å². The van der Waals surface area contributed by atoms with Crippen LogP contribution in [0.3, 0.4) is 0 Å². The zero-order valence-corrected chi connectivity index (χ0v) is 18.2. The van der Waals surface area contributed by atoms with Crippen LogP contribution in [0.2, 0.25) is 5.02 Å². The molecular formula is C22H30ClN5O. The highest BCUT2D eigenvalue weighted by Gasteiger charge is 2.27. The third-order valence-electron chi connectivity index (χ3n) is 5.28. The summed E-state index contributed by atoms with van der Waals surface area (Å²) in [7, 11) is 5.89. The van der Waals surface area contributed by atoms with E-state index in [0.29, 0.717) is 19.5 Å². The molecule has 7 heteroatoms. The van der Waals surface area contributed by atoms with Gasteiger partial charge < -0.3 is 15.1 Å². The van der Waals surface area contributed by atoms with E-state index in [2.05, 4.69) is 5.32 Å². The van der Waals surface area contributed by atoms with Gasteiger partial charge in [0.1, 0.15) is 11.6 Å². The van der Waals surface area contributed by atoms with Crippen LogP contribution in [0.15, 0.2) is 30.3 Å². The topological polar surface area (TPSA) is 61.4 Å². The van der Waals surface area contributed by atoms with Gasteiger partial charge in [-0.1, -0.05) is 23.7 Å². The third-order valence-corrected chi connectivity index (χ3v) is 5.53. The molecule has 1 fully saturated rings. The van der Waals surface area contributed by atoms with Crippen molar-refractivity contribution in [3.05, 3.63) is 52.4 Å². The molecule has 0 radical (unpaired) electrons. The lowest BCUT2D eigenvalue weighted by atomic mass is 9.96. The highest BCUT2D eigenvalue weighted by molar-refractivity contribution is 6.30. The van der Waals surface area contributed by atoms with Gasteiger partial charge in [0.05, 0.1) is 5.69 Å². The minimum atomic E-state index is 0.179. The normalized spacial score (nSPS) is 16.7. The van der Waals surface area contributed by atoms with Gasteiger partial charge in [0.2, 0.25) is 5.91 Å². The number of amides is 1. The van der Waals surface area contributed by atoms with Crippen LogP contribution in [-0.4, -0.2) is 55.0 Å². The maximum absolute atomic E-state index is 12.8. The molecule has 0 aliphatic carbocycles. The van der Waals surface area contributed by atoms with Crippen LogP contribution in [0.5, 0.6) is 0 Å². The van der Waals surface area contributed by atoms with E-state index in [4.69, 9.17) is 21.6 Å². The number of halogens is 1. The summed E-state index contributed by atoms with van der Waals surface area (Å²) in [4.78, 5) is 26.3. The van der Waals surface area contributed by atoms with Crippen LogP contribution in [0, 0.1) is 0 Å². The molecular weight excluding hydrogens is 386 g/mol. The highest BCUT2D eigenvalue weighted by atomic mass is 35.5. The van der Waals surface area contributed by atoms with Crippen LogP contribution in [0.25, 0.3) is 0 Å². The number of nitrogens with one attached hydrogen (secondary N) is 1. The average Bonchev–Trinajstić information content (AvgIpc) is 2.73. The Morgan fingerprint density at radius 2 is 2.03 bits per heavy atom. The second-order valence-electron chi connectivity index (χ2n) is 7.81. The van der Waals surface area contributed by atoms with Crippen molar-refractivity contribution in [2.24, 2.45) is 0 Å². The summed E-state index contributed by atoms with van der Waals surface area (Å²) in [6.45, 7) is 2.20. The molecule has 3 rings (SSSR count). The van der Waals surface area contributed by atoms with Crippen molar-refractivity contribution in [2.75, 3.05) is 39.1 Å². The molecule has 1 saturated heterocycles. The molecule has 0 spiro atoms. The van der Waals surface area contributed by atoms with Gasteiger partial charge in [-0.25, -0.2) is 9.97 Å². The zero-order chi connectivity index (χ0) is 20.8. The first-order chi connectivity index (χ1) is 14.0. The van der Waals surface area contributed by atoms with Gasteiger partial charge in [0.15, 0.2) is 0 Å². The summed E-state index contributed by atoms with van der Waals surface area (Å²) in [5.74, 6) is 2.13. The van der Waals surface area contributed by atoms with Crippen LogP contribution in [0.4, 0.5) is 5.82 Å². The van der Waals surface area contributed by atoms with E-state index >= 15 is 0 Å². The van der Waals surface area contributed by atoms with Crippen LogP contribution >= 0.6 is 11.6 Å². The third kappa shape index (κ3) is 5.90. The van der Waals surface area contributed by atoms with Crippen LogP contribution in [-0.2, 0) is 17.8 Å². The minimum absolute atomic E-state index is 0.179. The van der Waals surface area contributed by atoms with Crippen molar-refractivity contribution < 1.29 is 4.79 Å². The van der Waals surface area contributed by atoms with E-state index in [-0.39, 0.29) is 11.8 Å². The first kappa shape index (κ1) is 21.5. The predicted molar refractivity (Wildman–Crippen MR) is 117 cm³/mol. The molecule has 1 unspecified atom stereocenters. The lowest BCUT2D eigenvalue weighted by Gasteiger charge is -2.32. The molecule has 1 aromatic carbocycles. The molecule has 0 saturated carbocycles. The molecule has 2 heterocycles. The summed E-state index contributed by atoms with van der Waals surface area (Å²) >= 11 is 5.94. The Labute approximate surface area is 178 Å². The number of hydrogen-bond acceptors (Lipinski definition) is 5. The zero-order valence-electron chi connectivity index (χ0n) is 17.5. The quantitative estimate of drug-likeness (QED) is 0.752. The SMILES string of the molecule is CNCc1cc(N(C)C)nc(C2CCCN(C(=O)CCc3ccc(Cl)cc3)C2)n1. The van der Waals surface area contributed by atoms with Gasteiger partial charge in [-0.3, -0.25) is 4.79 Å². The van der Waals surface area contributed by atoms with Gasteiger partial charge >= 0.3 is 0 Å². The summed E-state index contributed by atoms with van der Waals surface area (Å²) in [6, 6.07) is 9.72. The number of benzene rings is 1. The van der Waals surface area contributed by atoms with Crippen molar-refractivity contribution in [2.45, 2.75) is 38.1 Å². The number of hydrogen-bond donors (Lipinski definition) is 1. The Morgan fingerprint density at radius 1 is 1.28 bits per heavy atom. The molecule has 6 nitrogen and oxygen atoms in total. The number of aromatic nitrogens is 2. The lowest BCUT2D eigenvalue weighted by molar-refractivity contribution is -0.132. The fraction of sp³-hybridized carbons (Fsp3) is 0.500. The second kappa shape index (κ2) is 10.0. The van der Waals surface area contributed by atoms with Gasteiger partial charge in [0, 0.05) is 57.2 Å². The summed E-state index contributed by atoms with van der Waals surface area (Å²) in [5, 5.41) is 3.88. The highest BCUT2D eigenvalue weighted by Crippen LogP contribution is 2.27. The monoisotopic (exact) mass is 415 g/mol. The Bertz CT molecular complexity index is 824. The van der Waals surface area contributed by atoms with Crippen LogP contribution < -0.4 is 10.2 Å². The van der Waals surface area contributed by atoms with Crippen molar-refractivity contribution in [3.8, 4) is 0 Å². The van der Waals surface area contributed by atoms with Crippen molar-refractivity contribution in [1.29, 1.82) is 0 Å². The average molecular weight is 416 g/mol. The maximum atomic E-state index is 12.8. The smallest absolute Gasteiger partial charge is 0.222 e. The van der Waals surface area contributed by atoms with Crippen molar-refractivity contribution >= 4 is 23.3 Å². The Kier molecular flexibility index (Phi) is 7.45. The van der Waals surface area contributed by atoms with E-state index in [0.717, 1.165) is 53.7 Å². The molecule has 1 N–H and O–H groups in total. The minimum Gasteiger partial charge on any atom is -0.363 e. The molecule has 156 valence electrons. The van der Waals surface area contributed by atoms with Crippen molar-refractivity contribution in [3.63, 3.8) is 0 Å². The van der Waals surface area contributed by atoms with E-state index in [9.17, 15) is 4.79 Å². The molecule has 0 bridgehead atoms. The van der Waals surface area contributed by atoms with Gasteiger partial charge in [-0.15, -0.1) is 0 Å². The summed E-state index contributed by atoms with van der Waals surface area (Å²) in [5.41, 5.74) is 2.11. The number of carbonyl (C=O) groups excluding carboxylic acids is 1. The number of rotatable bonds is 7. The van der Waals surface area contributed by atoms with Gasteiger partial charge in [0.25, 0.3) is 0 Å². The number of likely N-dealkylation sites (tertiary alicyclic amines) is 1. The Balaban J connectivity index is 1.66. The molecule has 29 heavy (non-hydrogen) atoms. The molecule has 1 atom stereocenters. The molecule has 1 amide bonds. The number of nitrogens with zero attached hydrogens (tertiary/aromatic N) is 4. The molecule has 1 aromatic heterocycles. The number of aryl methyl sites for hydroxylation is 1. The largest absolute Gasteiger partial charge is 0.363 e. The fourth-order valence-corrected chi connectivity index (χ4v) is 3.79. The standard InChI is InChI=1S/C22H30ClN5O/c1-24-14-19-13-20(27(2)3)26-22(25-19)17-5-4-12-28(15-17)21(29)11-8-16-6-9-18(23)10-7-16/h6-7,9-10,13,17,24H,4-5,8,11-12,14-15H2,1-3H3. The molecule has 1 aliphatic rings. The first-order valence-corrected chi connectivity index (χ1v) is 10.6. The number of carbonyl (C=O) groups is 1. The summed E-state index contributed by atoms with van der Waals surface area (Å²) in [6.07, 6.45) is 3.24. The fourth-order valence-electron chi connectivity index (χ4n) is 3.66. The van der Waals surface area contributed by atoms with E-state index < -0.39 is 0 Å². The van der Waals surface area contributed by atoms with E-state index in [1.165, 1.54) is 0 Å². The summed E-state index contributed by atoms with van der Waals surface area (Å²) < 4.78 is 0. The van der Waals surface area contributed by atoms with Gasteiger partial charge in [-0.05, 0) is 44.0 Å². The number of anilines is 1. The van der Waals surface area contributed by atoms with Crippen LogP contribution in [0.1, 0.15) is 42.3 Å².